The highest BCUT2D eigenvalue weighted by Crippen LogP contribution is 2.39. The van der Waals surface area contributed by atoms with E-state index >= 15 is 0 Å². The van der Waals surface area contributed by atoms with Crippen molar-refractivity contribution in [2.75, 3.05) is 0 Å². The summed E-state index contributed by atoms with van der Waals surface area (Å²) in [6.07, 6.45) is 1.02. The fraction of sp³-hybridized carbons (Fsp3) is 0.588. The van der Waals surface area contributed by atoms with E-state index in [1.165, 1.54) is 0 Å². The van der Waals surface area contributed by atoms with Crippen LogP contribution in [0, 0.1) is 5.41 Å². The molecule has 4 heteroatoms. The molecule has 0 radical (unpaired) electrons. The standard InChI is InChI=1S/C17H24Cl2N2/c1-11(18)15-20-14-12(19)8-7-9-13(14)21(15)17(5,6)10-16(2,3)4/h7-9,11H,10H2,1-6H3. The zero-order valence-corrected chi connectivity index (χ0v) is 15.2. The molecule has 0 N–H and O–H groups in total. The molecule has 1 atom stereocenters. The number of halogens is 2. The van der Waals surface area contributed by atoms with E-state index in [1.54, 1.807) is 0 Å². The topological polar surface area (TPSA) is 17.8 Å². The van der Waals surface area contributed by atoms with Gasteiger partial charge in [0, 0.05) is 5.54 Å². The van der Waals surface area contributed by atoms with Crippen LogP contribution in [0.2, 0.25) is 5.02 Å². The van der Waals surface area contributed by atoms with Crippen molar-refractivity contribution in [3.8, 4) is 0 Å². The largest absolute Gasteiger partial charge is 0.321 e. The Morgan fingerprint density at radius 1 is 1.19 bits per heavy atom. The molecule has 116 valence electrons. The molecule has 1 aromatic carbocycles. The summed E-state index contributed by atoms with van der Waals surface area (Å²) in [5.74, 6) is 0.883. The van der Waals surface area contributed by atoms with Gasteiger partial charge in [-0.1, -0.05) is 38.4 Å². The summed E-state index contributed by atoms with van der Waals surface area (Å²) in [5.41, 5.74) is 2.02. The van der Waals surface area contributed by atoms with Gasteiger partial charge in [0.2, 0.25) is 0 Å². The van der Waals surface area contributed by atoms with E-state index < -0.39 is 0 Å². The number of imidazole rings is 1. The first kappa shape index (κ1) is 16.6. The molecule has 0 aliphatic carbocycles. The minimum absolute atomic E-state index is 0.0871. The monoisotopic (exact) mass is 326 g/mol. The first-order valence-corrected chi connectivity index (χ1v) is 8.16. The number of alkyl halides is 1. The van der Waals surface area contributed by atoms with Gasteiger partial charge in [0.15, 0.2) is 0 Å². The number of benzene rings is 1. The maximum absolute atomic E-state index is 6.38. The number of para-hydroxylation sites is 1. The van der Waals surface area contributed by atoms with Crippen LogP contribution in [0.1, 0.15) is 59.2 Å². The number of aromatic nitrogens is 2. The fourth-order valence-electron chi connectivity index (χ4n) is 3.36. The average molecular weight is 327 g/mol. The lowest BCUT2D eigenvalue weighted by molar-refractivity contribution is 0.215. The molecular formula is C17H24Cl2N2. The Kier molecular flexibility index (Phi) is 4.34. The summed E-state index contributed by atoms with van der Waals surface area (Å²) in [4.78, 5) is 4.71. The van der Waals surface area contributed by atoms with Crippen molar-refractivity contribution in [1.82, 2.24) is 9.55 Å². The van der Waals surface area contributed by atoms with Crippen LogP contribution in [0.3, 0.4) is 0 Å². The van der Waals surface area contributed by atoms with Crippen LogP contribution in [0.4, 0.5) is 0 Å². The third-order valence-electron chi connectivity index (χ3n) is 3.59. The van der Waals surface area contributed by atoms with E-state index in [2.05, 4.69) is 45.3 Å². The summed E-state index contributed by atoms with van der Waals surface area (Å²) in [6.45, 7) is 13.2. The Bertz CT molecular complexity index is 649. The van der Waals surface area contributed by atoms with E-state index in [9.17, 15) is 0 Å². The molecule has 0 aliphatic heterocycles. The third kappa shape index (κ3) is 3.37. The lowest BCUT2D eigenvalue weighted by Gasteiger charge is -2.36. The molecule has 21 heavy (non-hydrogen) atoms. The molecule has 0 aliphatic rings. The van der Waals surface area contributed by atoms with Gasteiger partial charge in [-0.15, -0.1) is 11.6 Å². The zero-order chi connectivity index (χ0) is 16.0. The lowest BCUT2D eigenvalue weighted by Crippen LogP contribution is -2.33. The summed E-state index contributed by atoms with van der Waals surface area (Å²) >= 11 is 12.7. The quantitative estimate of drug-likeness (QED) is 0.617. The van der Waals surface area contributed by atoms with Crippen LogP contribution >= 0.6 is 23.2 Å². The van der Waals surface area contributed by atoms with Crippen LogP contribution < -0.4 is 0 Å². The normalized spacial score (nSPS) is 14.7. The summed E-state index contributed by atoms with van der Waals surface area (Å²) in [5, 5.41) is 0.518. The van der Waals surface area contributed by atoms with Crippen LogP contribution in [-0.4, -0.2) is 9.55 Å². The Balaban J connectivity index is 2.71. The predicted octanol–water partition coefficient (Wildman–Crippen LogP) is 6.16. The van der Waals surface area contributed by atoms with Gasteiger partial charge >= 0.3 is 0 Å². The Hall–Kier alpha value is -0.730. The van der Waals surface area contributed by atoms with Crippen molar-refractivity contribution >= 4 is 34.2 Å². The number of hydrogen-bond acceptors (Lipinski definition) is 1. The van der Waals surface area contributed by atoms with Gasteiger partial charge in [-0.3, -0.25) is 0 Å². The fourth-order valence-corrected chi connectivity index (χ4v) is 3.72. The Morgan fingerprint density at radius 2 is 1.81 bits per heavy atom. The van der Waals surface area contributed by atoms with Crippen LogP contribution in [0.5, 0.6) is 0 Å². The molecule has 2 aromatic rings. The Labute approximate surface area is 137 Å². The first-order chi connectivity index (χ1) is 9.53. The van der Waals surface area contributed by atoms with Crippen molar-refractivity contribution in [1.29, 1.82) is 0 Å². The van der Waals surface area contributed by atoms with Gasteiger partial charge in [0.25, 0.3) is 0 Å². The first-order valence-electron chi connectivity index (χ1n) is 7.34. The van der Waals surface area contributed by atoms with Gasteiger partial charge in [-0.25, -0.2) is 4.98 Å². The lowest BCUT2D eigenvalue weighted by atomic mass is 9.81. The third-order valence-corrected chi connectivity index (χ3v) is 4.09. The number of hydrogen-bond donors (Lipinski definition) is 0. The molecular weight excluding hydrogens is 303 g/mol. The molecule has 1 unspecified atom stereocenters. The molecule has 0 saturated heterocycles. The molecule has 2 rings (SSSR count). The molecule has 0 fully saturated rings. The highest BCUT2D eigenvalue weighted by molar-refractivity contribution is 6.35. The van der Waals surface area contributed by atoms with Crippen molar-refractivity contribution < 1.29 is 0 Å². The zero-order valence-electron chi connectivity index (χ0n) is 13.7. The molecule has 0 bridgehead atoms. The van der Waals surface area contributed by atoms with Gasteiger partial charge in [-0.2, -0.15) is 0 Å². The minimum atomic E-state index is -0.160. The van der Waals surface area contributed by atoms with Crippen LogP contribution in [0.15, 0.2) is 18.2 Å². The second kappa shape index (κ2) is 5.48. The van der Waals surface area contributed by atoms with Gasteiger partial charge in [0.05, 0.1) is 15.9 Å². The van der Waals surface area contributed by atoms with E-state index in [4.69, 9.17) is 28.2 Å². The van der Waals surface area contributed by atoms with E-state index in [1.807, 2.05) is 19.1 Å². The van der Waals surface area contributed by atoms with Crippen molar-refractivity contribution in [2.24, 2.45) is 5.41 Å². The van der Waals surface area contributed by atoms with E-state index in [-0.39, 0.29) is 16.3 Å². The minimum Gasteiger partial charge on any atom is -0.321 e. The Morgan fingerprint density at radius 3 is 2.33 bits per heavy atom. The second-order valence-corrected chi connectivity index (χ2v) is 8.64. The van der Waals surface area contributed by atoms with E-state index in [0.717, 1.165) is 23.3 Å². The number of rotatable bonds is 3. The second-order valence-electron chi connectivity index (χ2n) is 7.58. The molecule has 0 saturated carbocycles. The van der Waals surface area contributed by atoms with Gasteiger partial charge in [-0.05, 0) is 44.7 Å². The number of fused-ring (bicyclic) bond motifs is 1. The maximum atomic E-state index is 6.38. The highest BCUT2D eigenvalue weighted by atomic mass is 35.5. The maximum Gasteiger partial charge on any atom is 0.128 e. The van der Waals surface area contributed by atoms with E-state index in [0.29, 0.717) is 5.02 Å². The smallest absolute Gasteiger partial charge is 0.128 e. The molecule has 1 aromatic heterocycles. The highest BCUT2D eigenvalue weighted by Gasteiger charge is 2.32. The molecule has 2 nitrogen and oxygen atoms in total. The summed E-state index contributed by atoms with van der Waals surface area (Å²) < 4.78 is 2.26. The summed E-state index contributed by atoms with van der Waals surface area (Å²) in [7, 11) is 0. The average Bonchev–Trinajstić information content (AvgIpc) is 2.67. The van der Waals surface area contributed by atoms with Crippen LogP contribution in [-0.2, 0) is 5.54 Å². The summed E-state index contributed by atoms with van der Waals surface area (Å²) in [6, 6.07) is 5.92. The molecule has 0 amide bonds. The predicted molar refractivity (Wildman–Crippen MR) is 92.4 cm³/mol. The van der Waals surface area contributed by atoms with Crippen molar-refractivity contribution in [3.63, 3.8) is 0 Å². The van der Waals surface area contributed by atoms with Crippen molar-refractivity contribution in [3.05, 3.63) is 29.0 Å². The van der Waals surface area contributed by atoms with Crippen molar-refractivity contribution in [2.45, 2.75) is 58.9 Å². The van der Waals surface area contributed by atoms with Crippen LogP contribution in [0.25, 0.3) is 11.0 Å². The molecule has 0 spiro atoms. The van der Waals surface area contributed by atoms with Gasteiger partial charge < -0.3 is 4.57 Å². The SMILES string of the molecule is CC(Cl)c1nc2c(Cl)cccc2n1C(C)(C)CC(C)(C)C. The number of nitrogens with zero attached hydrogens (tertiary/aromatic N) is 2. The molecule has 1 heterocycles. The van der Waals surface area contributed by atoms with Gasteiger partial charge in [0.1, 0.15) is 11.3 Å².